The first-order valence-electron chi connectivity index (χ1n) is 9.48. The highest BCUT2D eigenvalue weighted by atomic mass is 16.6. The predicted octanol–water partition coefficient (Wildman–Crippen LogP) is 0.251. The molecule has 0 N–H and O–H groups in total. The van der Waals surface area contributed by atoms with Crippen LogP contribution in [0.25, 0.3) is 0 Å². The number of nitro benzene ring substituents is 1. The molecular weight excluding hydrogens is 376 g/mol. The van der Waals surface area contributed by atoms with Crippen LogP contribution in [0.4, 0.5) is 17.2 Å². The van der Waals surface area contributed by atoms with Crippen LogP contribution in [0.1, 0.15) is 0 Å². The van der Waals surface area contributed by atoms with Gasteiger partial charge < -0.3 is 9.80 Å². The average molecular weight is 402 g/mol. The van der Waals surface area contributed by atoms with Gasteiger partial charge in [0.1, 0.15) is 5.82 Å². The maximum Gasteiger partial charge on any atom is 0.332 e. The molecule has 0 bridgehead atoms. The molecular formula is C19H26N6O4. The average Bonchev–Trinajstić information content (AvgIpc) is 2.73. The van der Waals surface area contributed by atoms with E-state index in [1.54, 1.807) is 19.2 Å². The maximum absolute atomic E-state index is 12.1. The topological polar surface area (TPSA) is 96.9 Å². The van der Waals surface area contributed by atoms with Crippen molar-refractivity contribution in [1.29, 1.82) is 0 Å². The van der Waals surface area contributed by atoms with Crippen molar-refractivity contribution in [2.45, 2.75) is 0 Å². The fraction of sp³-hybridized carbons (Fsp3) is 0.474. The zero-order chi connectivity index (χ0) is 21.1. The first-order valence-corrected chi connectivity index (χ1v) is 9.48. The molecule has 0 radical (unpaired) electrons. The third-order valence-electron chi connectivity index (χ3n) is 5.44. The van der Waals surface area contributed by atoms with E-state index >= 15 is 0 Å². The second-order valence-corrected chi connectivity index (χ2v) is 7.27. The fourth-order valence-electron chi connectivity index (χ4n) is 3.51. The summed E-state index contributed by atoms with van der Waals surface area (Å²) in [7, 11) is 5.01. The number of rotatable bonds is 6. The number of nitrogens with zero attached hydrogens (tertiary/aromatic N) is 6. The first kappa shape index (κ1) is 20.6. The van der Waals surface area contributed by atoms with Gasteiger partial charge in [0.2, 0.25) is 0 Å². The summed E-state index contributed by atoms with van der Waals surface area (Å²) in [5.74, 6) is 0.600. The summed E-state index contributed by atoms with van der Waals surface area (Å²) >= 11 is 0. The Bertz CT molecular complexity index is 989. The second-order valence-electron chi connectivity index (χ2n) is 7.27. The molecule has 10 heteroatoms. The van der Waals surface area contributed by atoms with Crippen LogP contribution >= 0.6 is 0 Å². The Hall–Kier alpha value is -3.14. The Morgan fingerprint density at radius 2 is 1.66 bits per heavy atom. The Kier molecular flexibility index (Phi) is 6.02. The molecule has 2 aromatic rings. The highest BCUT2D eigenvalue weighted by Crippen LogP contribution is 2.20. The Morgan fingerprint density at radius 1 is 1.03 bits per heavy atom. The molecule has 0 spiro atoms. The summed E-state index contributed by atoms with van der Waals surface area (Å²) in [4.78, 5) is 40.9. The molecule has 1 aromatic carbocycles. The number of likely N-dealkylation sites (N-methyl/N-ethyl adjacent to an activating group) is 1. The third-order valence-corrected chi connectivity index (χ3v) is 5.44. The number of nitro groups is 1. The van der Waals surface area contributed by atoms with Gasteiger partial charge in [-0.05, 0) is 12.1 Å². The lowest BCUT2D eigenvalue weighted by molar-refractivity contribution is -0.384. The van der Waals surface area contributed by atoms with E-state index in [0.29, 0.717) is 12.4 Å². The Labute approximate surface area is 168 Å². The number of benzene rings is 1. The molecule has 0 unspecified atom stereocenters. The van der Waals surface area contributed by atoms with Gasteiger partial charge in [0.25, 0.3) is 11.2 Å². The summed E-state index contributed by atoms with van der Waals surface area (Å²) in [6, 6.07) is 8.13. The highest BCUT2D eigenvalue weighted by Gasteiger charge is 2.19. The van der Waals surface area contributed by atoms with Crippen molar-refractivity contribution in [3.05, 3.63) is 61.3 Å². The summed E-state index contributed by atoms with van der Waals surface area (Å²) in [6.45, 7) is 4.93. The molecule has 3 rings (SSSR count). The number of piperazine rings is 1. The molecule has 1 aliphatic rings. The second kappa shape index (κ2) is 8.48. The molecule has 0 amide bonds. The van der Waals surface area contributed by atoms with Gasteiger partial charge >= 0.3 is 5.69 Å². The molecule has 1 aliphatic heterocycles. The van der Waals surface area contributed by atoms with Crippen molar-refractivity contribution >= 4 is 17.2 Å². The molecule has 156 valence electrons. The summed E-state index contributed by atoms with van der Waals surface area (Å²) < 4.78 is 2.57. The molecule has 1 aromatic heterocycles. The van der Waals surface area contributed by atoms with Crippen LogP contribution in [0.3, 0.4) is 0 Å². The zero-order valence-electron chi connectivity index (χ0n) is 16.9. The quantitative estimate of drug-likeness (QED) is 0.505. The molecule has 29 heavy (non-hydrogen) atoms. The lowest BCUT2D eigenvalue weighted by atomic mass is 10.2. The van der Waals surface area contributed by atoms with Gasteiger partial charge in [0.05, 0.1) is 4.92 Å². The van der Waals surface area contributed by atoms with Gasteiger partial charge in [0, 0.05) is 84.3 Å². The van der Waals surface area contributed by atoms with E-state index in [0.717, 1.165) is 43.0 Å². The summed E-state index contributed by atoms with van der Waals surface area (Å²) in [6.07, 6.45) is 0. The van der Waals surface area contributed by atoms with Crippen molar-refractivity contribution in [2.75, 3.05) is 56.1 Å². The van der Waals surface area contributed by atoms with Crippen LogP contribution in [-0.2, 0) is 14.1 Å². The monoisotopic (exact) mass is 402 g/mol. The van der Waals surface area contributed by atoms with Gasteiger partial charge in [-0.2, -0.15) is 0 Å². The predicted molar refractivity (Wildman–Crippen MR) is 112 cm³/mol. The molecule has 1 saturated heterocycles. The van der Waals surface area contributed by atoms with E-state index in [-0.39, 0.29) is 16.9 Å². The minimum absolute atomic E-state index is 0.0977. The molecule has 1 fully saturated rings. The Balaban J connectivity index is 1.54. The van der Waals surface area contributed by atoms with Crippen LogP contribution in [0, 0.1) is 10.1 Å². The van der Waals surface area contributed by atoms with Crippen LogP contribution < -0.4 is 21.0 Å². The van der Waals surface area contributed by atoms with E-state index in [1.807, 2.05) is 11.9 Å². The number of hydrogen-bond donors (Lipinski definition) is 0. The van der Waals surface area contributed by atoms with Crippen LogP contribution in [0.5, 0.6) is 0 Å². The molecule has 10 nitrogen and oxygen atoms in total. The lowest BCUT2D eigenvalue weighted by Gasteiger charge is -2.37. The minimum atomic E-state index is -0.392. The normalized spacial score (nSPS) is 14.8. The number of hydrogen-bond acceptors (Lipinski definition) is 7. The molecule has 0 saturated carbocycles. The Morgan fingerprint density at radius 3 is 2.24 bits per heavy atom. The van der Waals surface area contributed by atoms with Crippen molar-refractivity contribution in [1.82, 2.24) is 14.0 Å². The van der Waals surface area contributed by atoms with Crippen molar-refractivity contribution in [3.8, 4) is 0 Å². The van der Waals surface area contributed by atoms with E-state index in [4.69, 9.17) is 0 Å². The SMILES string of the molecule is CN(CCN1CCN(c2ccc([N+](=O)[O-])cc2)CC1)c1cc(=O)n(C)c(=O)n1C. The number of non-ortho nitro benzene ring substituents is 1. The molecule has 0 atom stereocenters. The highest BCUT2D eigenvalue weighted by molar-refractivity contribution is 5.51. The van der Waals surface area contributed by atoms with E-state index in [9.17, 15) is 19.7 Å². The van der Waals surface area contributed by atoms with E-state index in [2.05, 4.69) is 9.80 Å². The fourth-order valence-corrected chi connectivity index (χ4v) is 3.51. The number of anilines is 2. The van der Waals surface area contributed by atoms with Gasteiger partial charge in [-0.3, -0.25) is 28.9 Å². The van der Waals surface area contributed by atoms with Crippen LogP contribution in [-0.4, -0.2) is 65.3 Å². The third kappa shape index (κ3) is 4.48. The van der Waals surface area contributed by atoms with Crippen LogP contribution in [0.15, 0.2) is 39.9 Å². The van der Waals surface area contributed by atoms with Crippen molar-refractivity contribution < 1.29 is 4.92 Å². The number of aromatic nitrogens is 2. The van der Waals surface area contributed by atoms with Gasteiger partial charge in [-0.1, -0.05) is 0 Å². The smallest absolute Gasteiger partial charge is 0.332 e. The zero-order valence-corrected chi connectivity index (χ0v) is 16.9. The van der Waals surface area contributed by atoms with E-state index in [1.165, 1.54) is 29.8 Å². The molecule has 2 heterocycles. The minimum Gasteiger partial charge on any atom is -0.369 e. The van der Waals surface area contributed by atoms with E-state index < -0.39 is 4.92 Å². The van der Waals surface area contributed by atoms with Crippen molar-refractivity contribution in [2.24, 2.45) is 14.1 Å². The lowest BCUT2D eigenvalue weighted by Crippen LogP contribution is -2.48. The van der Waals surface area contributed by atoms with Gasteiger partial charge in [-0.25, -0.2) is 4.79 Å². The van der Waals surface area contributed by atoms with Gasteiger partial charge in [0.15, 0.2) is 0 Å². The van der Waals surface area contributed by atoms with Gasteiger partial charge in [-0.15, -0.1) is 0 Å². The largest absolute Gasteiger partial charge is 0.369 e. The summed E-state index contributed by atoms with van der Waals surface area (Å²) in [5, 5.41) is 10.8. The standard InChI is InChI=1S/C19H26N6O4/c1-20(17-14-18(26)22(3)19(27)21(17)2)8-9-23-10-12-24(13-11-23)15-4-6-16(7-5-15)25(28)29/h4-7,14H,8-13H2,1-3H3. The molecule has 0 aliphatic carbocycles. The van der Waals surface area contributed by atoms with Crippen molar-refractivity contribution in [3.63, 3.8) is 0 Å². The maximum atomic E-state index is 12.1. The first-order chi connectivity index (χ1) is 13.8. The summed E-state index contributed by atoms with van der Waals surface area (Å²) in [5.41, 5.74) is 0.436. The van der Waals surface area contributed by atoms with Crippen LogP contribution in [0.2, 0.25) is 0 Å².